The summed E-state index contributed by atoms with van der Waals surface area (Å²) >= 11 is 0. The van der Waals surface area contributed by atoms with Gasteiger partial charge in [0.1, 0.15) is 17.4 Å². The van der Waals surface area contributed by atoms with Gasteiger partial charge < -0.3 is 20.5 Å². The number of methoxy groups -OCH3 is 1. The molecule has 0 aliphatic carbocycles. The highest BCUT2D eigenvalue weighted by Crippen LogP contribution is 2.17. The second-order valence-corrected chi connectivity index (χ2v) is 6.28. The third kappa shape index (κ3) is 6.03. The molecule has 0 aliphatic rings. The Kier molecular flexibility index (Phi) is 6.46. The molecule has 0 saturated heterocycles. The highest BCUT2D eigenvalue weighted by atomic mass is 19.1. The largest absolute Gasteiger partial charge is 0.497 e. The van der Waals surface area contributed by atoms with Crippen molar-refractivity contribution in [1.29, 1.82) is 0 Å². The molecule has 1 unspecified atom stereocenters. The van der Waals surface area contributed by atoms with Gasteiger partial charge in [-0.3, -0.25) is 9.59 Å². The van der Waals surface area contributed by atoms with Crippen LogP contribution >= 0.6 is 0 Å². The summed E-state index contributed by atoms with van der Waals surface area (Å²) in [6.07, 6.45) is 0.228. The monoisotopic (exact) mass is 378 g/mol. The van der Waals surface area contributed by atoms with Crippen molar-refractivity contribution < 1.29 is 28.2 Å². The van der Waals surface area contributed by atoms with Crippen LogP contribution in [-0.2, 0) is 16.0 Å². The molecule has 2 aromatic rings. The van der Waals surface area contributed by atoms with Gasteiger partial charge in [-0.25, -0.2) is 8.78 Å². The van der Waals surface area contributed by atoms with Crippen molar-refractivity contribution in [3.8, 4) is 5.75 Å². The first-order valence-corrected chi connectivity index (χ1v) is 8.10. The van der Waals surface area contributed by atoms with Crippen LogP contribution in [0, 0.1) is 11.6 Å². The highest BCUT2D eigenvalue weighted by Gasteiger charge is 2.24. The van der Waals surface area contributed by atoms with Gasteiger partial charge in [0.25, 0.3) is 0 Å². The minimum absolute atomic E-state index is 0.197. The normalized spacial score (nSPS) is 12.8. The van der Waals surface area contributed by atoms with Crippen LogP contribution in [0.15, 0.2) is 42.5 Å². The van der Waals surface area contributed by atoms with Crippen molar-refractivity contribution in [3.63, 3.8) is 0 Å². The number of carbonyl (C=O) groups excluding carboxylic acids is 2. The lowest BCUT2D eigenvalue weighted by Crippen LogP contribution is -2.45. The number of hydrogen-bond acceptors (Lipinski definition) is 4. The Morgan fingerprint density at radius 2 is 1.78 bits per heavy atom. The SMILES string of the molecule is COc1ccc(CC(C)(O)CNC(=O)C(=O)Nc2ccc(F)cc2F)cc1. The van der Waals surface area contributed by atoms with E-state index in [2.05, 4.69) is 5.32 Å². The van der Waals surface area contributed by atoms with Crippen LogP contribution in [0.25, 0.3) is 0 Å². The standard InChI is InChI=1S/C19H20F2N2O4/c1-19(26,10-12-3-6-14(27-2)7-4-12)11-22-17(24)18(25)23-16-8-5-13(20)9-15(16)21/h3-9,26H,10-11H2,1-2H3,(H,22,24)(H,23,25). The van der Waals surface area contributed by atoms with Gasteiger partial charge in [0.15, 0.2) is 0 Å². The van der Waals surface area contributed by atoms with Crippen LogP contribution in [0.3, 0.4) is 0 Å². The minimum atomic E-state index is -1.31. The Balaban J connectivity index is 1.89. The lowest BCUT2D eigenvalue weighted by molar-refractivity contribution is -0.136. The lowest BCUT2D eigenvalue weighted by atomic mass is 9.96. The van der Waals surface area contributed by atoms with E-state index < -0.39 is 29.0 Å². The van der Waals surface area contributed by atoms with Gasteiger partial charge >= 0.3 is 11.8 Å². The lowest BCUT2D eigenvalue weighted by Gasteiger charge is -2.23. The molecule has 2 amide bonds. The first kappa shape index (κ1) is 20.3. The van der Waals surface area contributed by atoms with E-state index in [0.29, 0.717) is 11.8 Å². The number of ether oxygens (including phenoxy) is 1. The van der Waals surface area contributed by atoms with Gasteiger partial charge in [-0.15, -0.1) is 0 Å². The summed E-state index contributed by atoms with van der Waals surface area (Å²) in [5, 5.41) is 14.8. The molecule has 27 heavy (non-hydrogen) atoms. The Labute approximate surface area is 155 Å². The molecule has 0 heterocycles. The van der Waals surface area contributed by atoms with E-state index in [9.17, 15) is 23.5 Å². The third-order valence-electron chi connectivity index (χ3n) is 3.76. The van der Waals surface area contributed by atoms with Crippen LogP contribution in [0.2, 0.25) is 0 Å². The molecule has 0 radical (unpaired) electrons. The van der Waals surface area contributed by atoms with Crippen molar-refractivity contribution >= 4 is 17.5 Å². The van der Waals surface area contributed by atoms with Crippen molar-refractivity contribution in [2.75, 3.05) is 19.0 Å². The summed E-state index contributed by atoms with van der Waals surface area (Å²) in [7, 11) is 1.55. The number of benzene rings is 2. The minimum Gasteiger partial charge on any atom is -0.497 e. The fourth-order valence-electron chi connectivity index (χ4n) is 2.37. The second kappa shape index (κ2) is 8.59. The molecule has 0 saturated carbocycles. The maximum atomic E-state index is 13.5. The number of hydrogen-bond donors (Lipinski definition) is 3. The molecule has 1 atom stereocenters. The molecule has 0 spiro atoms. The number of aliphatic hydroxyl groups is 1. The number of amides is 2. The Hall–Kier alpha value is -3.00. The van der Waals surface area contributed by atoms with Gasteiger partial charge in [-0.2, -0.15) is 0 Å². The van der Waals surface area contributed by atoms with E-state index in [1.807, 2.05) is 5.32 Å². The molecule has 2 aromatic carbocycles. The van der Waals surface area contributed by atoms with Gasteiger partial charge in [0.05, 0.1) is 18.4 Å². The van der Waals surface area contributed by atoms with E-state index in [1.54, 1.807) is 31.4 Å². The summed E-state index contributed by atoms with van der Waals surface area (Å²) in [6, 6.07) is 9.60. The summed E-state index contributed by atoms with van der Waals surface area (Å²) in [6.45, 7) is 1.31. The van der Waals surface area contributed by atoms with Crippen LogP contribution in [0.4, 0.5) is 14.5 Å². The van der Waals surface area contributed by atoms with Crippen molar-refractivity contribution in [1.82, 2.24) is 5.32 Å². The third-order valence-corrected chi connectivity index (χ3v) is 3.76. The zero-order chi connectivity index (χ0) is 20.0. The molecular formula is C19H20F2N2O4. The van der Waals surface area contributed by atoms with E-state index in [0.717, 1.165) is 17.7 Å². The van der Waals surface area contributed by atoms with Crippen LogP contribution in [0.5, 0.6) is 5.75 Å². The molecular weight excluding hydrogens is 358 g/mol. The van der Waals surface area contributed by atoms with Gasteiger partial charge in [-0.1, -0.05) is 12.1 Å². The Bertz CT molecular complexity index is 823. The molecule has 0 aromatic heterocycles. The summed E-state index contributed by atoms with van der Waals surface area (Å²) < 4.78 is 31.4. The Morgan fingerprint density at radius 3 is 2.37 bits per heavy atom. The number of nitrogens with one attached hydrogen (secondary N) is 2. The molecule has 8 heteroatoms. The molecule has 2 rings (SSSR count). The maximum Gasteiger partial charge on any atom is 0.313 e. The average Bonchev–Trinajstić information content (AvgIpc) is 2.62. The van der Waals surface area contributed by atoms with E-state index in [1.165, 1.54) is 6.92 Å². The molecule has 6 nitrogen and oxygen atoms in total. The fraction of sp³-hybridized carbons (Fsp3) is 0.263. The quantitative estimate of drug-likeness (QED) is 0.671. The predicted molar refractivity (Wildman–Crippen MR) is 95.3 cm³/mol. The number of carbonyl (C=O) groups is 2. The number of rotatable bonds is 6. The molecule has 0 aliphatic heterocycles. The fourth-order valence-corrected chi connectivity index (χ4v) is 2.37. The van der Waals surface area contributed by atoms with Crippen molar-refractivity contribution in [2.24, 2.45) is 0 Å². The smallest absolute Gasteiger partial charge is 0.313 e. The topological polar surface area (TPSA) is 87.7 Å². The average molecular weight is 378 g/mol. The highest BCUT2D eigenvalue weighted by molar-refractivity contribution is 6.39. The van der Waals surface area contributed by atoms with E-state index in [-0.39, 0.29) is 18.7 Å². The van der Waals surface area contributed by atoms with Gasteiger partial charge in [0, 0.05) is 19.0 Å². The summed E-state index contributed by atoms with van der Waals surface area (Å²) in [5.41, 5.74) is -0.819. The molecule has 3 N–H and O–H groups in total. The van der Waals surface area contributed by atoms with Crippen molar-refractivity contribution in [3.05, 3.63) is 59.7 Å². The zero-order valence-electron chi connectivity index (χ0n) is 14.9. The number of anilines is 1. The van der Waals surface area contributed by atoms with Crippen LogP contribution in [-0.4, -0.2) is 36.2 Å². The molecule has 0 fully saturated rings. The summed E-state index contributed by atoms with van der Waals surface area (Å²) in [5.74, 6) is -3.29. The van der Waals surface area contributed by atoms with Crippen LogP contribution in [0.1, 0.15) is 12.5 Å². The first-order chi connectivity index (χ1) is 12.7. The van der Waals surface area contributed by atoms with Gasteiger partial charge in [-0.05, 0) is 36.8 Å². The van der Waals surface area contributed by atoms with Crippen molar-refractivity contribution in [2.45, 2.75) is 18.9 Å². The summed E-state index contributed by atoms with van der Waals surface area (Å²) in [4.78, 5) is 23.7. The van der Waals surface area contributed by atoms with Gasteiger partial charge in [0.2, 0.25) is 0 Å². The number of halogens is 2. The predicted octanol–water partition coefficient (Wildman–Crippen LogP) is 2.02. The molecule has 144 valence electrons. The first-order valence-electron chi connectivity index (χ1n) is 8.10. The molecule has 0 bridgehead atoms. The zero-order valence-corrected chi connectivity index (χ0v) is 14.9. The Morgan fingerprint density at radius 1 is 1.11 bits per heavy atom. The second-order valence-electron chi connectivity index (χ2n) is 6.28. The van der Waals surface area contributed by atoms with Crippen LogP contribution < -0.4 is 15.4 Å². The van der Waals surface area contributed by atoms with E-state index >= 15 is 0 Å². The van der Waals surface area contributed by atoms with E-state index in [4.69, 9.17) is 4.74 Å². The maximum absolute atomic E-state index is 13.5.